The minimum Gasteiger partial charge on any atom is -0.248 e. The van der Waals surface area contributed by atoms with E-state index in [1.807, 2.05) is 6.92 Å². The first kappa shape index (κ1) is 13.5. The molecule has 6 heteroatoms. The highest BCUT2D eigenvalue weighted by molar-refractivity contribution is 6.66. The van der Waals surface area contributed by atoms with E-state index >= 15 is 0 Å². The lowest BCUT2D eigenvalue weighted by atomic mass is 10.1. The van der Waals surface area contributed by atoms with Crippen LogP contribution in [0.2, 0.25) is 10.0 Å². The first-order valence-electron chi connectivity index (χ1n) is 4.63. The molecule has 2 rings (SSSR count). The first-order chi connectivity index (χ1) is 7.80. The van der Waals surface area contributed by atoms with Crippen LogP contribution in [0.1, 0.15) is 11.3 Å². The van der Waals surface area contributed by atoms with Crippen molar-refractivity contribution in [2.75, 3.05) is 0 Å². The highest BCUT2D eigenvalue weighted by Gasteiger charge is 2.26. The summed E-state index contributed by atoms with van der Waals surface area (Å²) >= 11 is 29.6. The normalized spacial score (nSPS) is 12.1. The minimum absolute atomic E-state index is 0.283. The van der Waals surface area contributed by atoms with E-state index in [1.54, 1.807) is 18.2 Å². The number of nitrogens with zero attached hydrogens (tertiary/aromatic N) is 1. The fourth-order valence-electron chi connectivity index (χ4n) is 1.51. The van der Waals surface area contributed by atoms with Gasteiger partial charge in [-0.2, -0.15) is 0 Å². The third-order valence-electron chi connectivity index (χ3n) is 2.41. The van der Waals surface area contributed by atoms with Crippen LogP contribution in [0.3, 0.4) is 0 Å². The highest BCUT2D eigenvalue weighted by atomic mass is 35.6. The fraction of sp³-hybridized carbons (Fsp3) is 0.182. The summed E-state index contributed by atoms with van der Waals surface area (Å²) in [5.41, 5.74) is 1.74. The van der Waals surface area contributed by atoms with Crippen molar-refractivity contribution in [2.45, 2.75) is 10.7 Å². The molecule has 0 N–H and O–H groups in total. The summed E-state index contributed by atoms with van der Waals surface area (Å²) in [5.74, 6) is 0. The number of alkyl halides is 3. The Kier molecular flexibility index (Phi) is 3.69. The predicted molar refractivity (Wildman–Crippen MR) is 75.7 cm³/mol. The van der Waals surface area contributed by atoms with E-state index in [0.717, 1.165) is 10.9 Å². The molecule has 0 aliphatic rings. The Bertz CT molecular complexity index is 588. The summed E-state index contributed by atoms with van der Waals surface area (Å²) in [6, 6.07) is 5.11. The van der Waals surface area contributed by atoms with Gasteiger partial charge in [0, 0.05) is 10.4 Å². The van der Waals surface area contributed by atoms with E-state index in [4.69, 9.17) is 58.0 Å². The van der Waals surface area contributed by atoms with Gasteiger partial charge in [0.1, 0.15) is 0 Å². The zero-order chi connectivity index (χ0) is 12.8. The van der Waals surface area contributed by atoms with E-state index in [2.05, 4.69) is 4.98 Å². The third-order valence-corrected chi connectivity index (χ3v) is 3.71. The largest absolute Gasteiger partial charge is 0.248 e. The number of fused-ring (bicyclic) bond motifs is 1. The Hall–Kier alpha value is 0.0800. The second-order valence-corrected chi connectivity index (χ2v) is 6.65. The van der Waals surface area contributed by atoms with Gasteiger partial charge in [-0.05, 0) is 30.7 Å². The molecule has 0 saturated carbocycles. The molecule has 0 spiro atoms. The molecule has 2 aromatic rings. The van der Waals surface area contributed by atoms with Crippen LogP contribution in [0.25, 0.3) is 10.9 Å². The second kappa shape index (κ2) is 4.64. The van der Waals surface area contributed by atoms with Gasteiger partial charge in [0.15, 0.2) is 0 Å². The molecule has 17 heavy (non-hydrogen) atoms. The monoisotopic (exact) mass is 327 g/mol. The van der Waals surface area contributed by atoms with Gasteiger partial charge in [0.05, 0.1) is 16.2 Å². The number of rotatable bonds is 0. The minimum atomic E-state index is -1.60. The lowest BCUT2D eigenvalue weighted by Gasteiger charge is -2.13. The Labute approximate surface area is 124 Å². The molecule has 1 heterocycles. The van der Waals surface area contributed by atoms with E-state index in [1.165, 1.54) is 0 Å². The summed E-state index contributed by atoms with van der Waals surface area (Å²) < 4.78 is -1.60. The molecule has 1 aromatic heterocycles. The number of aryl methyl sites for hydroxylation is 1. The van der Waals surface area contributed by atoms with Gasteiger partial charge >= 0.3 is 0 Å². The summed E-state index contributed by atoms with van der Waals surface area (Å²) in [5, 5.41) is 1.87. The summed E-state index contributed by atoms with van der Waals surface area (Å²) in [6.07, 6.45) is 0. The van der Waals surface area contributed by atoms with E-state index in [9.17, 15) is 0 Å². The van der Waals surface area contributed by atoms with E-state index < -0.39 is 3.79 Å². The maximum absolute atomic E-state index is 6.13. The van der Waals surface area contributed by atoms with Crippen molar-refractivity contribution in [1.29, 1.82) is 0 Å². The highest BCUT2D eigenvalue weighted by Crippen LogP contribution is 2.40. The van der Waals surface area contributed by atoms with Crippen LogP contribution in [0.4, 0.5) is 0 Å². The molecule has 0 fully saturated rings. The predicted octanol–water partition coefficient (Wildman–Crippen LogP) is 5.68. The van der Waals surface area contributed by atoms with E-state index in [-0.39, 0.29) is 5.69 Å². The standard InChI is InChI=1S/C11H6Cl5N/c1-5-7(12)3-2-6-8(13)4-9(11(14,15)16)17-10(5)6/h2-4H,1H3. The van der Waals surface area contributed by atoms with Crippen molar-refractivity contribution in [3.05, 3.63) is 39.5 Å². The van der Waals surface area contributed by atoms with Gasteiger partial charge in [-0.3, -0.25) is 0 Å². The molecule has 0 aliphatic heterocycles. The number of pyridine rings is 1. The van der Waals surface area contributed by atoms with Gasteiger partial charge in [0.2, 0.25) is 3.79 Å². The van der Waals surface area contributed by atoms with Crippen LogP contribution in [-0.4, -0.2) is 4.98 Å². The van der Waals surface area contributed by atoms with Crippen LogP contribution < -0.4 is 0 Å². The maximum Gasteiger partial charge on any atom is 0.232 e. The Balaban J connectivity index is 2.84. The maximum atomic E-state index is 6.13. The lowest BCUT2D eigenvalue weighted by molar-refractivity contribution is 1.11. The van der Waals surface area contributed by atoms with E-state index in [0.29, 0.717) is 15.6 Å². The zero-order valence-corrected chi connectivity index (χ0v) is 12.3. The number of halogens is 5. The van der Waals surface area contributed by atoms with Crippen LogP contribution in [0.5, 0.6) is 0 Å². The van der Waals surface area contributed by atoms with Gasteiger partial charge in [-0.25, -0.2) is 4.98 Å². The Morgan fingerprint density at radius 3 is 2.29 bits per heavy atom. The molecule has 0 unspecified atom stereocenters. The first-order valence-corrected chi connectivity index (χ1v) is 6.52. The molecule has 0 radical (unpaired) electrons. The van der Waals surface area contributed by atoms with Crippen molar-refractivity contribution in [2.24, 2.45) is 0 Å². The van der Waals surface area contributed by atoms with Crippen molar-refractivity contribution >= 4 is 68.9 Å². The molecular formula is C11H6Cl5N. The van der Waals surface area contributed by atoms with Crippen LogP contribution >= 0.6 is 58.0 Å². The Morgan fingerprint density at radius 2 is 1.71 bits per heavy atom. The molecule has 0 bridgehead atoms. The number of hydrogen-bond acceptors (Lipinski definition) is 1. The smallest absolute Gasteiger partial charge is 0.232 e. The zero-order valence-electron chi connectivity index (χ0n) is 8.57. The number of benzene rings is 1. The fourth-order valence-corrected chi connectivity index (χ4v) is 2.21. The second-order valence-electron chi connectivity index (χ2n) is 3.56. The lowest BCUT2D eigenvalue weighted by Crippen LogP contribution is -2.04. The van der Waals surface area contributed by atoms with Gasteiger partial charge in [-0.15, -0.1) is 0 Å². The average molecular weight is 329 g/mol. The molecule has 0 atom stereocenters. The van der Waals surface area contributed by atoms with Gasteiger partial charge < -0.3 is 0 Å². The SMILES string of the molecule is Cc1c(Cl)ccc2c(Cl)cc(C(Cl)(Cl)Cl)nc12. The molecule has 0 amide bonds. The third kappa shape index (κ3) is 2.59. The summed E-state index contributed by atoms with van der Waals surface area (Å²) in [7, 11) is 0. The number of hydrogen-bond donors (Lipinski definition) is 0. The summed E-state index contributed by atoms with van der Waals surface area (Å²) in [6.45, 7) is 1.84. The molecule has 1 aromatic carbocycles. The van der Waals surface area contributed by atoms with Crippen LogP contribution in [0.15, 0.2) is 18.2 Å². The number of aromatic nitrogens is 1. The topological polar surface area (TPSA) is 12.9 Å². The quantitative estimate of drug-likeness (QED) is 0.567. The van der Waals surface area contributed by atoms with Crippen molar-refractivity contribution < 1.29 is 0 Å². The Morgan fingerprint density at radius 1 is 1.06 bits per heavy atom. The van der Waals surface area contributed by atoms with Crippen molar-refractivity contribution in [1.82, 2.24) is 4.98 Å². The van der Waals surface area contributed by atoms with Gasteiger partial charge in [-0.1, -0.05) is 58.0 Å². The molecule has 0 saturated heterocycles. The molecule has 1 nitrogen and oxygen atoms in total. The molecule has 90 valence electrons. The van der Waals surface area contributed by atoms with Gasteiger partial charge in [0.25, 0.3) is 0 Å². The van der Waals surface area contributed by atoms with Crippen LogP contribution in [0, 0.1) is 6.92 Å². The molecule has 0 aliphatic carbocycles. The average Bonchev–Trinajstić information content (AvgIpc) is 2.22. The van der Waals surface area contributed by atoms with Crippen LogP contribution in [-0.2, 0) is 3.79 Å². The van der Waals surface area contributed by atoms with Crippen molar-refractivity contribution in [3.63, 3.8) is 0 Å². The summed E-state index contributed by atoms with van der Waals surface area (Å²) in [4.78, 5) is 4.30. The molecular weight excluding hydrogens is 323 g/mol. The van der Waals surface area contributed by atoms with Crippen molar-refractivity contribution in [3.8, 4) is 0 Å².